The largest absolute Gasteiger partial charge is 0.444 e. The normalized spacial score (nSPS) is 26.5. The van der Waals surface area contributed by atoms with E-state index in [-0.39, 0.29) is 18.6 Å². The van der Waals surface area contributed by atoms with Crippen LogP contribution in [-0.2, 0) is 4.74 Å². The van der Waals surface area contributed by atoms with E-state index < -0.39 is 11.7 Å². The van der Waals surface area contributed by atoms with E-state index in [2.05, 4.69) is 17.3 Å². The summed E-state index contributed by atoms with van der Waals surface area (Å²) in [5.41, 5.74) is -0.486. The Morgan fingerprint density at radius 2 is 2.00 bits per heavy atom. The maximum atomic E-state index is 11.8. The molecule has 0 aromatic carbocycles. The molecule has 1 saturated heterocycles. The Balaban J connectivity index is 2.54. The minimum absolute atomic E-state index is 0.00481. The van der Waals surface area contributed by atoms with Crippen molar-refractivity contribution in [3.8, 4) is 0 Å². The predicted molar refractivity (Wildman–Crippen MR) is 70.5 cm³/mol. The third-order valence-corrected chi connectivity index (χ3v) is 3.21. The fourth-order valence-corrected chi connectivity index (χ4v) is 2.16. The number of amides is 1. The number of hydrogen-bond donors (Lipinski definition) is 2. The number of likely N-dealkylation sites (tertiary alicyclic amines) is 1. The highest BCUT2D eigenvalue weighted by atomic mass is 16.6. The van der Waals surface area contributed by atoms with Crippen molar-refractivity contribution in [2.24, 2.45) is 5.92 Å². The van der Waals surface area contributed by atoms with Crippen molar-refractivity contribution < 1.29 is 14.6 Å². The second-order valence-electron chi connectivity index (χ2n) is 6.08. The molecule has 1 heterocycles. The molecule has 0 spiro atoms. The fourth-order valence-electron chi connectivity index (χ4n) is 2.16. The predicted octanol–water partition coefficient (Wildman–Crippen LogP) is 1.21. The van der Waals surface area contributed by atoms with E-state index >= 15 is 0 Å². The molecule has 0 bridgehead atoms. The third-order valence-electron chi connectivity index (χ3n) is 3.21. The summed E-state index contributed by atoms with van der Waals surface area (Å²) >= 11 is 0. The highest BCUT2D eigenvalue weighted by Crippen LogP contribution is 2.18. The number of aliphatic hydroxyl groups excluding tert-OH is 1. The zero-order valence-corrected chi connectivity index (χ0v) is 11.9. The highest BCUT2D eigenvalue weighted by molar-refractivity contribution is 5.68. The van der Waals surface area contributed by atoms with E-state index in [1.165, 1.54) is 0 Å². The van der Waals surface area contributed by atoms with Crippen LogP contribution in [0.2, 0.25) is 0 Å². The molecular formula is C13H26N2O3. The summed E-state index contributed by atoms with van der Waals surface area (Å²) in [6.45, 7) is 7.52. The van der Waals surface area contributed by atoms with Crippen LogP contribution < -0.4 is 5.32 Å². The molecular weight excluding hydrogens is 232 g/mol. The molecule has 106 valence electrons. The standard InChI is InChI=1S/C13H26N2O3/c1-13(2,3)18-12(17)14-11-6-8-15(4)7-5-10(11)9-16/h10-11,16H,5-9H2,1-4H3,(H,14,17). The Hall–Kier alpha value is -0.810. The minimum atomic E-state index is -0.486. The summed E-state index contributed by atoms with van der Waals surface area (Å²) in [5, 5.41) is 12.3. The average molecular weight is 258 g/mol. The third kappa shape index (κ3) is 5.23. The molecule has 2 N–H and O–H groups in total. The first-order valence-corrected chi connectivity index (χ1v) is 6.61. The average Bonchev–Trinajstić information content (AvgIpc) is 2.39. The second kappa shape index (κ2) is 6.38. The summed E-state index contributed by atoms with van der Waals surface area (Å²) in [5.74, 6) is 0.113. The molecule has 5 heteroatoms. The van der Waals surface area contributed by atoms with Gasteiger partial charge in [-0.15, -0.1) is 0 Å². The van der Waals surface area contributed by atoms with Gasteiger partial charge in [-0.3, -0.25) is 0 Å². The molecule has 1 rings (SSSR count). The van der Waals surface area contributed by atoms with Crippen LogP contribution in [0, 0.1) is 5.92 Å². The number of nitrogens with zero attached hydrogens (tertiary/aromatic N) is 1. The van der Waals surface area contributed by atoms with E-state index in [0.717, 1.165) is 25.9 Å². The van der Waals surface area contributed by atoms with Crippen LogP contribution in [0.1, 0.15) is 33.6 Å². The van der Waals surface area contributed by atoms with Crippen LogP contribution >= 0.6 is 0 Å². The first-order valence-electron chi connectivity index (χ1n) is 6.61. The van der Waals surface area contributed by atoms with Gasteiger partial charge in [0.1, 0.15) is 5.60 Å². The molecule has 1 aliphatic heterocycles. The molecule has 1 fully saturated rings. The lowest BCUT2D eigenvalue weighted by atomic mass is 9.96. The molecule has 0 radical (unpaired) electrons. The monoisotopic (exact) mass is 258 g/mol. The smallest absolute Gasteiger partial charge is 0.407 e. The first-order chi connectivity index (χ1) is 8.31. The van der Waals surface area contributed by atoms with Crippen molar-refractivity contribution in [3.63, 3.8) is 0 Å². The molecule has 2 atom stereocenters. The van der Waals surface area contributed by atoms with Gasteiger partial charge in [0.15, 0.2) is 0 Å². The fraction of sp³-hybridized carbons (Fsp3) is 0.923. The van der Waals surface area contributed by atoms with Gasteiger partial charge in [-0.25, -0.2) is 4.79 Å². The Morgan fingerprint density at radius 3 is 2.56 bits per heavy atom. The molecule has 0 saturated carbocycles. The lowest BCUT2D eigenvalue weighted by Crippen LogP contribution is -2.44. The Labute approximate surface area is 109 Å². The molecule has 0 aromatic rings. The molecule has 1 aliphatic rings. The van der Waals surface area contributed by atoms with Crippen molar-refractivity contribution in [2.45, 2.75) is 45.3 Å². The van der Waals surface area contributed by atoms with Gasteiger partial charge < -0.3 is 20.1 Å². The first kappa shape index (κ1) is 15.2. The zero-order chi connectivity index (χ0) is 13.8. The number of nitrogens with one attached hydrogen (secondary N) is 1. The number of alkyl carbamates (subject to hydrolysis) is 1. The van der Waals surface area contributed by atoms with Gasteiger partial charge in [0.25, 0.3) is 0 Å². The molecule has 2 unspecified atom stereocenters. The van der Waals surface area contributed by atoms with E-state index in [9.17, 15) is 9.90 Å². The van der Waals surface area contributed by atoms with Gasteiger partial charge in [0.2, 0.25) is 0 Å². The molecule has 5 nitrogen and oxygen atoms in total. The van der Waals surface area contributed by atoms with Crippen molar-refractivity contribution in [3.05, 3.63) is 0 Å². The minimum Gasteiger partial charge on any atom is -0.444 e. The molecule has 18 heavy (non-hydrogen) atoms. The van der Waals surface area contributed by atoms with E-state index in [4.69, 9.17) is 4.74 Å². The summed E-state index contributed by atoms with van der Waals surface area (Å²) in [4.78, 5) is 14.0. The number of ether oxygens (including phenoxy) is 1. The van der Waals surface area contributed by atoms with E-state index in [0.29, 0.717) is 0 Å². The van der Waals surface area contributed by atoms with Crippen LogP contribution in [0.15, 0.2) is 0 Å². The second-order valence-corrected chi connectivity index (χ2v) is 6.08. The summed E-state index contributed by atoms with van der Waals surface area (Å²) < 4.78 is 5.26. The highest BCUT2D eigenvalue weighted by Gasteiger charge is 2.27. The van der Waals surface area contributed by atoms with Crippen LogP contribution in [-0.4, -0.2) is 54.5 Å². The van der Waals surface area contributed by atoms with Crippen molar-refractivity contribution in [1.29, 1.82) is 0 Å². The summed E-state index contributed by atoms with van der Waals surface area (Å²) in [7, 11) is 2.06. The van der Waals surface area contributed by atoms with Crippen molar-refractivity contribution in [2.75, 3.05) is 26.7 Å². The maximum absolute atomic E-state index is 11.8. The Bertz CT molecular complexity index is 276. The van der Waals surface area contributed by atoms with Crippen molar-refractivity contribution in [1.82, 2.24) is 10.2 Å². The van der Waals surface area contributed by atoms with E-state index in [1.807, 2.05) is 20.8 Å². The van der Waals surface area contributed by atoms with Crippen LogP contribution in [0.25, 0.3) is 0 Å². The summed E-state index contributed by atoms with van der Waals surface area (Å²) in [6, 6.07) is -0.00481. The Kier molecular flexibility index (Phi) is 5.41. The number of carbonyl (C=O) groups excluding carboxylic acids is 1. The lowest BCUT2D eigenvalue weighted by Gasteiger charge is -2.26. The van der Waals surface area contributed by atoms with Gasteiger partial charge in [0, 0.05) is 18.6 Å². The zero-order valence-electron chi connectivity index (χ0n) is 11.9. The molecule has 0 aromatic heterocycles. The Morgan fingerprint density at radius 1 is 1.39 bits per heavy atom. The number of aliphatic hydroxyl groups is 1. The summed E-state index contributed by atoms with van der Waals surface area (Å²) in [6.07, 6.45) is 1.35. The van der Waals surface area contributed by atoms with Gasteiger partial charge in [-0.2, -0.15) is 0 Å². The van der Waals surface area contributed by atoms with Crippen LogP contribution in [0.4, 0.5) is 4.79 Å². The number of carbonyl (C=O) groups is 1. The van der Waals surface area contributed by atoms with Crippen LogP contribution in [0.3, 0.4) is 0 Å². The quantitative estimate of drug-likeness (QED) is 0.781. The van der Waals surface area contributed by atoms with Gasteiger partial charge in [0.05, 0.1) is 0 Å². The lowest BCUT2D eigenvalue weighted by molar-refractivity contribution is 0.0469. The van der Waals surface area contributed by atoms with Gasteiger partial charge in [-0.05, 0) is 53.8 Å². The maximum Gasteiger partial charge on any atom is 0.407 e. The van der Waals surface area contributed by atoms with Gasteiger partial charge >= 0.3 is 6.09 Å². The SMILES string of the molecule is CN1CCC(CO)C(NC(=O)OC(C)(C)C)CC1. The molecule has 0 aliphatic carbocycles. The van der Waals surface area contributed by atoms with Crippen molar-refractivity contribution >= 4 is 6.09 Å². The molecule has 1 amide bonds. The van der Waals surface area contributed by atoms with E-state index in [1.54, 1.807) is 0 Å². The number of rotatable bonds is 2. The van der Waals surface area contributed by atoms with Crippen LogP contribution in [0.5, 0.6) is 0 Å². The van der Waals surface area contributed by atoms with Gasteiger partial charge in [-0.1, -0.05) is 0 Å². The number of hydrogen-bond acceptors (Lipinski definition) is 4. The topological polar surface area (TPSA) is 61.8 Å².